The smallest absolute Gasteiger partial charge is 0.189 e. The molecule has 0 aliphatic rings. The molecule has 0 radical (unpaired) electrons. The third kappa shape index (κ3) is 3.63. The molecule has 0 heterocycles. The fourth-order valence-corrected chi connectivity index (χ4v) is 1.48. The van der Waals surface area contributed by atoms with Gasteiger partial charge in [0.15, 0.2) is 10.2 Å². The highest BCUT2D eigenvalue weighted by atomic mass is 32.1. The summed E-state index contributed by atoms with van der Waals surface area (Å²) in [4.78, 5) is 0. The van der Waals surface area contributed by atoms with Crippen molar-refractivity contribution in [2.45, 2.75) is 13.8 Å². The summed E-state index contributed by atoms with van der Waals surface area (Å²) in [5, 5.41) is 3.64. The minimum absolute atomic E-state index is 0.144. The Hall–Kier alpha value is -1.40. The molecule has 6 heteroatoms. The Labute approximate surface area is 106 Å². The highest BCUT2D eigenvalue weighted by molar-refractivity contribution is 7.80. The zero-order chi connectivity index (χ0) is 12.1. The van der Waals surface area contributed by atoms with E-state index in [4.69, 9.17) is 18.0 Å². The average Bonchev–Trinajstić information content (AvgIpc) is 2.21. The van der Waals surface area contributed by atoms with E-state index in [0.29, 0.717) is 5.11 Å². The molecule has 0 saturated heterocycles. The Morgan fingerprint density at radius 3 is 2.19 bits per heavy atom. The lowest BCUT2D eigenvalue weighted by Crippen LogP contribution is -2.46. The van der Waals surface area contributed by atoms with Gasteiger partial charge in [0.05, 0.1) is 0 Å². The number of rotatable bonds is 1. The van der Waals surface area contributed by atoms with Gasteiger partial charge in [-0.15, -0.1) is 0 Å². The van der Waals surface area contributed by atoms with Crippen LogP contribution in [-0.4, -0.2) is 10.2 Å². The maximum absolute atomic E-state index is 5.26. The van der Waals surface area contributed by atoms with Gasteiger partial charge >= 0.3 is 0 Å². The molecular formula is C10H14N4S2. The maximum atomic E-state index is 5.26. The molecule has 86 valence electrons. The number of hydrogen-bond acceptors (Lipinski definition) is 2. The fraction of sp³-hybridized carbons (Fsp3) is 0.200. The van der Waals surface area contributed by atoms with Gasteiger partial charge in [-0.2, -0.15) is 0 Å². The molecule has 0 amide bonds. The molecule has 0 spiro atoms. The van der Waals surface area contributed by atoms with Crippen LogP contribution in [0.1, 0.15) is 11.1 Å². The first-order chi connectivity index (χ1) is 7.50. The minimum Gasteiger partial charge on any atom is -0.375 e. The first kappa shape index (κ1) is 12.7. The van der Waals surface area contributed by atoms with Crippen LogP contribution in [0.2, 0.25) is 0 Å². The topological polar surface area (TPSA) is 62.1 Å². The molecule has 0 bridgehead atoms. The van der Waals surface area contributed by atoms with E-state index in [0.717, 1.165) is 16.8 Å². The highest BCUT2D eigenvalue weighted by Crippen LogP contribution is 2.18. The number of nitrogens with two attached hydrogens (primary N) is 1. The van der Waals surface area contributed by atoms with E-state index in [1.807, 2.05) is 32.0 Å². The summed E-state index contributed by atoms with van der Waals surface area (Å²) in [6.07, 6.45) is 0. The molecule has 0 aliphatic carbocycles. The molecule has 4 nitrogen and oxygen atoms in total. The van der Waals surface area contributed by atoms with Crippen molar-refractivity contribution in [3.63, 3.8) is 0 Å². The van der Waals surface area contributed by atoms with Crippen LogP contribution in [0, 0.1) is 13.8 Å². The van der Waals surface area contributed by atoms with Gasteiger partial charge in [0, 0.05) is 5.69 Å². The largest absolute Gasteiger partial charge is 0.375 e. The van der Waals surface area contributed by atoms with Crippen molar-refractivity contribution in [1.82, 2.24) is 10.9 Å². The van der Waals surface area contributed by atoms with Crippen LogP contribution in [0.3, 0.4) is 0 Å². The summed E-state index contributed by atoms with van der Waals surface area (Å²) >= 11 is 9.72. The van der Waals surface area contributed by atoms with Gasteiger partial charge in [0.1, 0.15) is 0 Å². The fourth-order valence-electron chi connectivity index (χ4n) is 1.27. The lowest BCUT2D eigenvalue weighted by Gasteiger charge is -2.14. The number of hydrogen-bond donors (Lipinski definition) is 4. The number of hydrazine groups is 1. The lowest BCUT2D eigenvalue weighted by atomic mass is 10.1. The Kier molecular flexibility index (Phi) is 4.45. The van der Waals surface area contributed by atoms with E-state index in [-0.39, 0.29) is 5.11 Å². The van der Waals surface area contributed by atoms with Crippen LogP contribution in [0.4, 0.5) is 5.69 Å². The Bertz CT molecular complexity index is 397. The van der Waals surface area contributed by atoms with E-state index in [1.165, 1.54) is 0 Å². The molecule has 0 fully saturated rings. The van der Waals surface area contributed by atoms with Crippen molar-refractivity contribution >= 4 is 40.3 Å². The maximum Gasteiger partial charge on any atom is 0.189 e. The zero-order valence-electron chi connectivity index (χ0n) is 9.13. The number of anilines is 1. The summed E-state index contributed by atoms with van der Waals surface area (Å²) in [5.74, 6) is 0. The summed E-state index contributed by atoms with van der Waals surface area (Å²) < 4.78 is 0. The molecule has 0 atom stereocenters. The van der Waals surface area contributed by atoms with E-state index >= 15 is 0 Å². The standard InChI is InChI=1S/C10H14N4S2/c1-6-4-3-5-7(2)8(6)12-10(16)14-13-9(11)15/h3-5H,1-2H3,(H3,11,13,15)(H2,12,14,16). The van der Waals surface area contributed by atoms with Crippen LogP contribution in [0.5, 0.6) is 0 Å². The molecule has 16 heavy (non-hydrogen) atoms. The molecule has 5 N–H and O–H groups in total. The second-order valence-electron chi connectivity index (χ2n) is 3.34. The molecule has 1 aromatic carbocycles. The van der Waals surface area contributed by atoms with Crippen LogP contribution < -0.4 is 21.9 Å². The average molecular weight is 254 g/mol. The number of nitrogens with one attached hydrogen (secondary N) is 3. The molecule has 0 aromatic heterocycles. The van der Waals surface area contributed by atoms with Gasteiger partial charge in [0.2, 0.25) is 0 Å². The summed E-state index contributed by atoms with van der Waals surface area (Å²) in [6.45, 7) is 4.03. The van der Waals surface area contributed by atoms with Crippen LogP contribution >= 0.6 is 24.4 Å². The second-order valence-corrected chi connectivity index (χ2v) is 4.18. The SMILES string of the molecule is Cc1cccc(C)c1NC(=S)NNC(N)=S. The first-order valence-electron chi connectivity index (χ1n) is 4.69. The third-order valence-corrected chi connectivity index (χ3v) is 2.33. The molecular weight excluding hydrogens is 240 g/mol. The zero-order valence-corrected chi connectivity index (χ0v) is 10.8. The highest BCUT2D eigenvalue weighted by Gasteiger charge is 2.03. The van der Waals surface area contributed by atoms with Crippen LogP contribution in [-0.2, 0) is 0 Å². The lowest BCUT2D eigenvalue weighted by molar-refractivity contribution is 0.879. The normalized spacial score (nSPS) is 9.38. The quantitative estimate of drug-likeness (QED) is 0.448. The predicted octanol–water partition coefficient (Wildman–Crippen LogP) is 1.34. The van der Waals surface area contributed by atoms with Crippen molar-refractivity contribution in [2.75, 3.05) is 5.32 Å². The predicted molar refractivity (Wildman–Crippen MR) is 75.2 cm³/mol. The number of thiocarbonyl (C=S) groups is 2. The van der Waals surface area contributed by atoms with Gasteiger partial charge in [-0.3, -0.25) is 10.9 Å². The first-order valence-corrected chi connectivity index (χ1v) is 5.51. The number of para-hydroxylation sites is 1. The van der Waals surface area contributed by atoms with E-state index < -0.39 is 0 Å². The van der Waals surface area contributed by atoms with Gasteiger partial charge in [-0.25, -0.2) is 0 Å². The van der Waals surface area contributed by atoms with Gasteiger partial charge in [0.25, 0.3) is 0 Å². The number of aryl methyl sites for hydroxylation is 2. The van der Waals surface area contributed by atoms with Gasteiger partial charge < -0.3 is 11.1 Å². The van der Waals surface area contributed by atoms with Crippen molar-refractivity contribution < 1.29 is 0 Å². The van der Waals surface area contributed by atoms with E-state index in [9.17, 15) is 0 Å². The Morgan fingerprint density at radius 2 is 1.69 bits per heavy atom. The molecule has 0 unspecified atom stereocenters. The minimum atomic E-state index is 0.144. The van der Waals surface area contributed by atoms with Gasteiger partial charge in [-0.05, 0) is 49.4 Å². The van der Waals surface area contributed by atoms with Gasteiger partial charge in [-0.1, -0.05) is 18.2 Å². The molecule has 1 aromatic rings. The van der Waals surface area contributed by atoms with E-state index in [2.05, 4.69) is 28.4 Å². The Balaban J connectivity index is 2.66. The van der Waals surface area contributed by atoms with Crippen LogP contribution in [0.15, 0.2) is 18.2 Å². The molecule has 0 aliphatic heterocycles. The summed E-state index contributed by atoms with van der Waals surface area (Å²) in [5.41, 5.74) is 13.8. The monoisotopic (exact) mass is 254 g/mol. The molecule has 0 saturated carbocycles. The van der Waals surface area contributed by atoms with E-state index in [1.54, 1.807) is 0 Å². The van der Waals surface area contributed by atoms with Crippen molar-refractivity contribution in [3.05, 3.63) is 29.3 Å². The van der Waals surface area contributed by atoms with Crippen molar-refractivity contribution in [3.8, 4) is 0 Å². The van der Waals surface area contributed by atoms with Crippen LogP contribution in [0.25, 0.3) is 0 Å². The summed E-state index contributed by atoms with van der Waals surface area (Å²) in [6, 6.07) is 6.03. The third-order valence-electron chi connectivity index (χ3n) is 2.02. The summed E-state index contributed by atoms with van der Waals surface area (Å²) in [7, 11) is 0. The second kappa shape index (κ2) is 5.62. The molecule has 1 rings (SSSR count). The Morgan fingerprint density at radius 1 is 1.12 bits per heavy atom. The number of benzene rings is 1. The van der Waals surface area contributed by atoms with Crippen molar-refractivity contribution in [1.29, 1.82) is 0 Å². The van der Waals surface area contributed by atoms with Crippen molar-refractivity contribution in [2.24, 2.45) is 5.73 Å².